The van der Waals surface area contributed by atoms with E-state index in [-0.39, 0.29) is 11.4 Å². The van der Waals surface area contributed by atoms with E-state index in [1.807, 2.05) is 0 Å². The molecular weight excluding hydrogens is 284 g/mol. The smallest absolute Gasteiger partial charge is 0.261 e. The lowest BCUT2D eigenvalue weighted by Gasteiger charge is -2.28. The Hall–Kier alpha value is -0.910. The number of amides is 1. The van der Waals surface area contributed by atoms with Crippen LogP contribution in [0.25, 0.3) is 0 Å². The number of hydrogen-bond acceptors (Lipinski definition) is 4. The van der Waals surface area contributed by atoms with Gasteiger partial charge < -0.3 is 15.4 Å². The molecule has 0 aromatic carbocycles. The molecule has 1 aliphatic heterocycles. The number of ether oxygens (including phenoxy) is 1. The molecule has 2 aliphatic rings. The number of methoxy groups -OCH3 is 1. The Kier molecular flexibility index (Phi) is 4.62. The monoisotopic (exact) mass is 308 g/mol. The summed E-state index contributed by atoms with van der Waals surface area (Å²) in [7, 11) is 1.72. The number of aryl methyl sites for hydroxylation is 2. The van der Waals surface area contributed by atoms with Gasteiger partial charge in [-0.1, -0.05) is 0 Å². The molecule has 0 radical (unpaired) electrons. The molecule has 3 rings (SSSR count). The fraction of sp³-hybridized carbons (Fsp3) is 0.688. The summed E-state index contributed by atoms with van der Waals surface area (Å²) in [6.45, 7) is 2.29. The van der Waals surface area contributed by atoms with E-state index in [1.165, 1.54) is 23.3 Å². The Morgan fingerprint density at radius 2 is 2.29 bits per heavy atom. The van der Waals surface area contributed by atoms with Crippen LogP contribution in [0.15, 0.2) is 6.07 Å². The van der Waals surface area contributed by atoms with E-state index in [0.29, 0.717) is 13.2 Å². The third kappa shape index (κ3) is 3.30. The third-order valence-corrected chi connectivity index (χ3v) is 5.80. The van der Waals surface area contributed by atoms with E-state index in [9.17, 15) is 4.79 Å². The van der Waals surface area contributed by atoms with Gasteiger partial charge in [-0.15, -0.1) is 11.3 Å². The number of carbonyl (C=O) groups is 1. The lowest BCUT2D eigenvalue weighted by atomic mass is 9.98. The fourth-order valence-electron chi connectivity index (χ4n) is 3.41. The summed E-state index contributed by atoms with van der Waals surface area (Å²) in [5, 5.41) is 6.60. The van der Waals surface area contributed by atoms with Crippen LogP contribution >= 0.6 is 11.3 Å². The molecule has 5 heteroatoms. The van der Waals surface area contributed by atoms with Gasteiger partial charge in [-0.2, -0.15) is 0 Å². The molecule has 0 saturated carbocycles. The minimum Gasteiger partial charge on any atom is -0.383 e. The molecule has 4 nitrogen and oxygen atoms in total. The van der Waals surface area contributed by atoms with E-state index in [4.69, 9.17) is 4.74 Å². The van der Waals surface area contributed by atoms with Crippen molar-refractivity contribution in [2.24, 2.45) is 0 Å². The first-order valence-corrected chi connectivity index (χ1v) is 8.68. The normalized spacial score (nSPS) is 24.8. The Labute approximate surface area is 130 Å². The first-order valence-electron chi connectivity index (χ1n) is 7.86. The van der Waals surface area contributed by atoms with Gasteiger partial charge in [0.1, 0.15) is 0 Å². The average Bonchev–Trinajstić information content (AvgIpc) is 3.12. The van der Waals surface area contributed by atoms with E-state index < -0.39 is 0 Å². The topological polar surface area (TPSA) is 50.4 Å². The maximum Gasteiger partial charge on any atom is 0.261 e. The second kappa shape index (κ2) is 6.46. The third-order valence-electron chi connectivity index (χ3n) is 4.56. The number of fused-ring (bicyclic) bond motifs is 1. The molecule has 21 heavy (non-hydrogen) atoms. The number of hydrogen-bond donors (Lipinski definition) is 2. The van der Waals surface area contributed by atoms with Gasteiger partial charge in [0.15, 0.2) is 0 Å². The van der Waals surface area contributed by atoms with Gasteiger partial charge >= 0.3 is 0 Å². The van der Waals surface area contributed by atoms with Crippen molar-refractivity contribution in [3.8, 4) is 0 Å². The number of carbonyl (C=O) groups excluding carboxylic acids is 1. The first kappa shape index (κ1) is 15.0. The molecule has 1 amide bonds. The summed E-state index contributed by atoms with van der Waals surface area (Å²) < 4.78 is 5.32. The lowest BCUT2D eigenvalue weighted by Crippen LogP contribution is -2.52. The van der Waals surface area contributed by atoms with E-state index in [0.717, 1.165) is 37.1 Å². The Bertz CT molecular complexity index is 483. The van der Waals surface area contributed by atoms with E-state index in [1.54, 1.807) is 18.4 Å². The zero-order chi connectivity index (χ0) is 14.7. The lowest BCUT2D eigenvalue weighted by molar-refractivity contribution is 0.0896. The second-order valence-corrected chi connectivity index (χ2v) is 7.33. The molecule has 1 atom stereocenters. The first-order chi connectivity index (χ1) is 10.2. The molecule has 1 saturated heterocycles. The molecule has 1 aromatic rings. The predicted molar refractivity (Wildman–Crippen MR) is 85.1 cm³/mol. The van der Waals surface area contributed by atoms with Gasteiger partial charge in [0, 0.05) is 18.5 Å². The standard InChI is InChI=1S/C16H24N2O2S/c1-20-11-16(7-4-8-18-16)10-17-15(19)14-9-12-5-2-3-6-13(12)21-14/h9,18H,2-8,10-11H2,1H3,(H,17,19). The minimum atomic E-state index is -0.0821. The minimum absolute atomic E-state index is 0.0681. The van der Waals surface area contributed by atoms with Crippen LogP contribution in [0.2, 0.25) is 0 Å². The highest BCUT2D eigenvalue weighted by atomic mass is 32.1. The summed E-state index contributed by atoms with van der Waals surface area (Å²) in [4.78, 5) is 14.7. The van der Waals surface area contributed by atoms with Crippen LogP contribution in [0.1, 0.15) is 45.8 Å². The molecule has 0 bridgehead atoms. The van der Waals surface area contributed by atoms with Crippen molar-refractivity contribution in [3.05, 3.63) is 21.4 Å². The van der Waals surface area contributed by atoms with Gasteiger partial charge in [0.25, 0.3) is 5.91 Å². The number of rotatable bonds is 5. The molecular formula is C16H24N2O2S. The van der Waals surface area contributed by atoms with Crippen molar-refractivity contribution in [1.82, 2.24) is 10.6 Å². The summed E-state index contributed by atoms with van der Waals surface area (Å²) in [5.74, 6) is 0.0681. The van der Waals surface area contributed by atoms with Crippen LogP contribution in [0, 0.1) is 0 Å². The van der Waals surface area contributed by atoms with Crippen molar-refractivity contribution in [2.75, 3.05) is 26.8 Å². The summed E-state index contributed by atoms with van der Waals surface area (Å²) >= 11 is 1.67. The van der Waals surface area contributed by atoms with Gasteiger partial charge in [0.05, 0.1) is 17.0 Å². The number of nitrogens with one attached hydrogen (secondary N) is 2. The number of thiophene rings is 1. The summed E-state index contributed by atoms with van der Waals surface area (Å²) in [6, 6.07) is 2.10. The molecule has 1 aliphatic carbocycles. The summed E-state index contributed by atoms with van der Waals surface area (Å²) in [5.41, 5.74) is 1.31. The molecule has 2 heterocycles. The Morgan fingerprint density at radius 1 is 1.43 bits per heavy atom. The zero-order valence-electron chi connectivity index (χ0n) is 12.7. The zero-order valence-corrected chi connectivity index (χ0v) is 13.5. The molecule has 1 fully saturated rings. The van der Waals surface area contributed by atoms with Crippen LogP contribution in [-0.2, 0) is 17.6 Å². The van der Waals surface area contributed by atoms with Gasteiger partial charge in [-0.05, 0) is 56.7 Å². The molecule has 1 aromatic heterocycles. The van der Waals surface area contributed by atoms with Crippen molar-refractivity contribution in [1.29, 1.82) is 0 Å². The van der Waals surface area contributed by atoms with Crippen LogP contribution < -0.4 is 10.6 Å². The maximum atomic E-state index is 12.4. The van der Waals surface area contributed by atoms with Gasteiger partial charge in [-0.3, -0.25) is 4.79 Å². The molecule has 2 N–H and O–H groups in total. The average molecular weight is 308 g/mol. The van der Waals surface area contributed by atoms with Crippen molar-refractivity contribution in [2.45, 2.75) is 44.1 Å². The van der Waals surface area contributed by atoms with Crippen LogP contribution in [0.5, 0.6) is 0 Å². The second-order valence-electron chi connectivity index (χ2n) is 6.19. The van der Waals surface area contributed by atoms with Gasteiger partial charge in [-0.25, -0.2) is 0 Å². The van der Waals surface area contributed by atoms with Crippen molar-refractivity contribution < 1.29 is 9.53 Å². The van der Waals surface area contributed by atoms with E-state index in [2.05, 4.69) is 16.7 Å². The predicted octanol–water partition coefficient (Wildman–Crippen LogP) is 2.13. The quantitative estimate of drug-likeness (QED) is 0.876. The molecule has 116 valence electrons. The van der Waals surface area contributed by atoms with Gasteiger partial charge in [0.2, 0.25) is 0 Å². The largest absolute Gasteiger partial charge is 0.383 e. The maximum absolute atomic E-state index is 12.4. The van der Waals surface area contributed by atoms with E-state index >= 15 is 0 Å². The highest BCUT2D eigenvalue weighted by Crippen LogP contribution is 2.29. The Balaban J connectivity index is 1.62. The molecule has 0 spiro atoms. The highest BCUT2D eigenvalue weighted by Gasteiger charge is 2.34. The van der Waals surface area contributed by atoms with Crippen molar-refractivity contribution in [3.63, 3.8) is 0 Å². The SMILES string of the molecule is COCC1(CNC(=O)c2cc3c(s2)CCCC3)CCCN1. The van der Waals surface area contributed by atoms with Crippen LogP contribution in [0.3, 0.4) is 0 Å². The van der Waals surface area contributed by atoms with Crippen molar-refractivity contribution >= 4 is 17.2 Å². The molecule has 1 unspecified atom stereocenters. The highest BCUT2D eigenvalue weighted by molar-refractivity contribution is 7.14. The fourth-order valence-corrected chi connectivity index (χ4v) is 4.58. The Morgan fingerprint density at radius 3 is 3.00 bits per heavy atom. The van der Waals surface area contributed by atoms with Crippen LogP contribution in [-0.4, -0.2) is 38.3 Å². The summed E-state index contributed by atoms with van der Waals surface area (Å²) in [6.07, 6.45) is 6.99. The van der Waals surface area contributed by atoms with Crippen LogP contribution in [0.4, 0.5) is 0 Å².